The van der Waals surface area contributed by atoms with E-state index in [4.69, 9.17) is 9.47 Å². The lowest BCUT2D eigenvalue weighted by atomic mass is 10.2. The standard InChI is InChI=1S/C20H27N5O2/c1-4-21-20(23-12-15-8-7-11-22-19(15)25(2)3)24-13-16-14-26-17-9-5-6-10-18(17)27-16/h5-11,16H,4,12-14H2,1-3H3,(H2,21,23,24). The van der Waals surface area contributed by atoms with Gasteiger partial charge >= 0.3 is 0 Å². The molecule has 0 fully saturated rings. The van der Waals surface area contributed by atoms with Crippen LogP contribution in [0.2, 0.25) is 0 Å². The minimum Gasteiger partial charge on any atom is -0.486 e. The first kappa shape index (κ1) is 18.8. The average molecular weight is 369 g/mol. The van der Waals surface area contributed by atoms with Crippen LogP contribution < -0.4 is 25.0 Å². The molecule has 0 aliphatic carbocycles. The SMILES string of the molecule is CCNC(=NCc1cccnc1N(C)C)NCC1COc2ccccc2O1. The zero-order valence-corrected chi connectivity index (χ0v) is 16.1. The molecule has 1 aliphatic rings. The summed E-state index contributed by atoms with van der Waals surface area (Å²) in [7, 11) is 3.97. The Bertz CT molecular complexity index is 778. The van der Waals surface area contributed by atoms with Gasteiger partial charge in [0.1, 0.15) is 18.5 Å². The van der Waals surface area contributed by atoms with E-state index in [-0.39, 0.29) is 6.10 Å². The predicted octanol–water partition coefficient (Wildman–Crippen LogP) is 2.04. The van der Waals surface area contributed by atoms with Gasteiger partial charge in [-0.05, 0) is 25.1 Å². The van der Waals surface area contributed by atoms with Gasteiger partial charge in [-0.15, -0.1) is 0 Å². The molecular weight excluding hydrogens is 342 g/mol. The summed E-state index contributed by atoms with van der Waals surface area (Å²) in [6, 6.07) is 11.7. The van der Waals surface area contributed by atoms with Crippen molar-refractivity contribution in [2.75, 3.05) is 38.7 Å². The first-order valence-corrected chi connectivity index (χ1v) is 9.19. The number of fused-ring (bicyclic) bond motifs is 1. The van der Waals surface area contributed by atoms with Crippen molar-refractivity contribution in [1.29, 1.82) is 0 Å². The van der Waals surface area contributed by atoms with Crippen LogP contribution in [0.4, 0.5) is 5.82 Å². The van der Waals surface area contributed by atoms with Crippen molar-refractivity contribution in [2.24, 2.45) is 4.99 Å². The number of hydrogen-bond donors (Lipinski definition) is 2. The number of nitrogens with one attached hydrogen (secondary N) is 2. The van der Waals surface area contributed by atoms with Crippen LogP contribution in [-0.2, 0) is 6.54 Å². The highest BCUT2D eigenvalue weighted by atomic mass is 16.6. The van der Waals surface area contributed by atoms with E-state index < -0.39 is 0 Å². The van der Waals surface area contributed by atoms with E-state index in [2.05, 4.69) is 20.6 Å². The number of hydrogen-bond acceptors (Lipinski definition) is 5. The summed E-state index contributed by atoms with van der Waals surface area (Å²) in [6.45, 7) is 4.49. The van der Waals surface area contributed by atoms with Crippen molar-refractivity contribution < 1.29 is 9.47 Å². The molecule has 2 heterocycles. The summed E-state index contributed by atoms with van der Waals surface area (Å²) >= 11 is 0. The van der Waals surface area contributed by atoms with Gasteiger partial charge in [-0.1, -0.05) is 18.2 Å². The molecule has 1 aromatic heterocycles. The molecule has 1 aliphatic heterocycles. The second-order valence-corrected chi connectivity index (χ2v) is 6.45. The maximum absolute atomic E-state index is 5.99. The lowest BCUT2D eigenvalue weighted by Gasteiger charge is -2.27. The number of para-hydroxylation sites is 2. The van der Waals surface area contributed by atoms with E-state index in [1.807, 2.05) is 62.3 Å². The van der Waals surface area contributed by atoms with Crippen LogP contribution in [0, 0.1) is 0 Å². The fourth-order valence-electron chi connectivity index (χ4n) is 2.84. The van der Waals surface area contributed by atoms with E-state index >= 15 is 0 Å². The molecule has 3 rings (SSSR count). The van der Waals surface area contributed by atoms with Gasteiger partial charge in [0.05, 0.1) is 13.1 Å². The van der Waals surface area contributed by atoms with Crippen LogP contribution in [0.1, 0.15) is 12.5 Å². The first-order chi connectivity index (χ1) is 13.2. The molecule has 0 spiro atoms. The predicted molar refractivity (Wildman–Crippen MR) is 108 cm³/mol. The van der Waals surface area contributed by atoms with Gasteiger partial charge in [-0.2, -0.15) is 0 Å². The Morgan fingerprint density at radius 3 is 2.78 bits per heavy atom. The van der Waals surface area contributed by atoms with E-state index in [0.29, 0.717) is 19.7 Å². The molecule has 7 heteroatoms. The smallest absolute Gasteiger partial charge is 0.191 e. The Morgan fingerprint density at radius 2 is 2.00 bits per heavy atom. The number of ether oxygens (including phenoxy) is 2. The van der Waals surface area contributed by atoms with Crippen molar-refractivity contribution >= 4 is 11.8 Å². The first-order valence-electron chi connectivity index (χ1n) is 9.19. The Morgan fingerprint density at radius 1 is 1.19 bits per heavy atom. The molecule has 0 saturated carbocycles. The van der Waals surface area contributed by atoms with Crippen LogP contribution in [0.15, 0.2) is 47.6 Å². The monoisotopic (exact) mass is 369 g/mol. The van der Waals surface area contributed by atoms with Crippen molar-refractivity contribution in [3.05, 3.63) is 48.2 Å². The Balaban J connectivity index is 1.60. The van der Waals surface area contributed by atoms with Gasteiger partial charge in [0.2, 0.25) is 0 Å². The summed E-state index contributed by atoms with van der Waals surface area (Å²) in [5.74, 6) is 3.25. The summed E-state index contributed by atoms with van der Waals surface area (Å²) < 4.78 is 11.7. The lowest BCUT2D eigenvalue weighted by Crippen LogP contribution is -2.45. The largest absolute Gasteiger partial charge is 0.486 e. The Labute approximate surface area is 160 Å². The molecule has 27 heavy (non-hydrogen) atoms. The molecule has 7 nitrogen and oxygen atoms in total. The van der Waals surface area contributed by atoms with Gasteiger partial charge in [-0.3, -0.25) is 0 Å². The van der Waals surface area contributed by atoms with E-state index in [1.54, 1.807) is 6.20 Å². The molecule has 1 unspecified atom stereocenters. The van der Waals surface area contributed by atoms with Crippen LogP contribution in [0.5, 0.6) is 11.5 Å². The van der Waals surface area contributed by atoms with Gasteiger partial charge in [0.25, 0.3) is 0 Å². The molecule has 144 valence electrons. The van der Waals surface area contributed by atoms with E-state index in [9.17, 15) is 0 Å². The Hall–Kier alpha value is -2.96. The third kappa shape index (κ3) is 5.03. The molecule has 0 amide bonds. The van der Waals surface area contributed by atoms with Gasteiger partial charge in [-0.25, -0.2) is 9.98 Å². The maximum atomic E-state index is 5.99. The van der Waals surface area contributed by atoms with Crippen molar-refractivity contribution in [1.82, 2.24) is 15.6 Å². The van der Waals surface area contributed by atoms with Crippen molar-refractivity contribution in [2.45, 2.75) is 19.6 Å². The molecular formula is C20H27N5O2. The summed E-state index contributed by atoms with van der Waals surface area (Å²) in [5.41, 5.74) is 1.07. The number of aliphatic imine (C=N–C) groups is 1. The quantitative estimate of drug-likeness (QED) is 0.600. The second kappa shape index (κ2) is 9.12. The lowest BCUT2D eigenvalue weighted by molar-refractivity contribution is 0.0936. The number of anilines is 1. The van der Waals surface area contributed by atoms with Gasteiger partial charge in [0, 0.05) is 32.4 Å². The highest BCUT2D eigenvalue weighted by molar-refractivity contribution is 5.79. The van der Waals surface area contributed by atoms with E-state index in [1.165, 1.54) is 0 Å². The third-order valence-electron chi connectivity index (χ3n) is 4.11. The summed E-state index contributed by atoms with van der Waals surface area (Å²) in [4.78, 5) is 11.1. The molecule has 1 atom stereocenters. The Kier molecular flexibility index (Phi) is 6.35. The average Bonchev–Trinajstić information content (AvgIpc) is 2.70. The molecule has 0 bridgehead atoms. The maximum Gasteiger partial charge on any atom is 0.191 e. The topological polar surface area (TPSA) is 71.0 Å². The number of rotatable bonds is 6. The minimum absolute atomic E-state index is 0.0699. The number of pyridine rings is 1. The third-order valence-corrected chi connectivity index (χ3v) is 4.11. The van der Waals surface area contributed by atoms with Gasteiger partial charge in [0.15, 0.2) is 17.5 Å². The molecule has 0 saturated heterocycles. The number of aromatic nitrogens is 1. The van der Waals surface area contributed by atoms with Crippen molar-refractivity contribution in [3.63, 3.8) is 0 Å². The van der Waals surface area contributed by atoms with Crippen LogP contribution >= 0.6 is 0 Å². The number of guanidine groups is 1. The molecule has 1 aromatic carbocycles. The van der Waals surface area contributed by atoms with Crippen LogP contribution in [0.3, 0.4) is 0 Å². The van der Waals surface area contributed by atoms with Crippen molar-refractivity contribution in [3.8, 4) is 11.5 Å². The van der Waals surface area contributed by atoms with Crippen LogP contribution in [-0.4, -0.2) is 50.8 Å². The number of nitrogens with zero attached hydrogens (tertiary/aromatic N) is 3. The molecule has 2 aromatic rings. The fourth-order valence-corrected chi connectivity index (χ4v) is 2.84. The molecule has 0 radical (unpaired) electrons. The molecule has 2 N–H and O–H groups in total. The highest BCUT2D eigenvalue weighted by Gasteiger charge is 2.20. The number of benzene rings is 1. The summed E-state index contributed by atoms with van der Waals surface area (Å²) in [6.07, 6.45) is 1.73. The van der Waals surface area contributed by atoms with Crippen LogP contribution in [0.25, 0.3) is 0 Å². The fraction of sp³-hybridized carbons (Fsp3) is 0.400. The van der Waals surface area contributed by atoms with Gasteiger partial charge < -0.3 is 25.0 Å². The minimum atomic E-state index is -0.0699. The second-order valence-electron chi connectivity index (χ2n) is 6.45. The zero-order chi connectivity index (χ0) is 19.1. The highest BCUT2D eigenvalue weighted by Crippen LogP contribution is 2.30. The summed E-state index contributed by atoms with van der Waals surface area (Å²) in [5, 5.41) is 6.61. The zero-order valence-electron chi connectivity index (χ0n) is 16.1. The van der Waals surface area contributed by atoms with E-state index in [0.717, 1.165) is 35.4 Å². The normalized spacial score (nSPS) is 16.0.